The minimum absolute atomic E-state index is 0.691. The van der Waals surface area contributed by atoms with E-state index in [0.717, 1.165) is 13.2 Å². The summed E-state index contributed by atoms with van der Waals surface area (Å²) < 4.78 is 9.39. The van der Waals surface area contributed by atoms with Crippen molar-refractivity contribution >= 4 is 9.03 Å². The molecule has 0 aromatic carbocycles. The van der Waals surface area contributed by atoms with E-state index in [0.29, 0.717) is 9.03 Å². The zero-order valence-corrected chi connectivity index (χ0v) is 3.57. The number of rotatable bonds is 0. The van der Waals surface area contributed by atoms with Gasteiger partial charge in [-0.3, -0.25) is 0 Å². The maximum absolute atomic E-state index is 4.69. The topological polar surface area (TPSA) is 18.5 Å². The molecule has 0 saturated carbocycles. The fourth-order valence-corrected chi connectivity index (χ4v) is 0.559. The lowest BCUT2D eigenvalue weighted by molar-refractivity contribution is 0.365. The molecule has 0 unspecified atom stereocenters. The molecule has 0 atom stereocenters. The summed E-state index contributed by atoms with van der Waals surface area (Å²) in [5.74, 6) is 0. The van der Waals surface area contributed by atoms with Crippen molar-refractivity contribution in [3.8, 4) is 0 Å². The molecular formula is C2H4O2P. The van der Waals surface area contributed by atoms with Crippen molar-refractivity contribution in [2.24, 2.45) is 0 Å². The molecule has 1 rings (SSSR count). The van der Waals surface area contributed by atoms with Crippen molar-refractivity contribution in [3.05, 3.63) is 0 Å². The van der Waals surface area contributed by atoms with Crippen LogP contribution in [0.2, 0.25) is 0 Å². The number of hydrogen-bond acceptors (Lipinski definition) is 2. The average Bonchev–Trinajstić information content (AvgIpc) is 1.76. The average molecular weight is 91.0 g/mol. The van der Waals surface area contributed by atoms with Gasteiger partial charge in [0.15, 0.2) is 0 Å². The molecule has 29 valence electrons. The second-order valence-corrected chi connectivity index (χ2v) is 1.41. The van der Waals surface area contributed by atoms with E-state index in [1.165, 1.54) is 0 Å². The molecule has 0 N–H and O–H groups in total. The van der Waals surface area contributed by atoms with Crippen molar-refractivity contribution in [2.45, 2.75) is 0 Å². The Morgan fingerprint density at radius 1 is 1.20 bits per heavy atom. The van der Waals surface area contributed by atoms with Gasteiger partial charge in [0.25, 0.3) is 9.03 Å². The molecule has 0 amide bonds. The molecule has 1 saturated heterocycles. The molecule has 0 aromatic heterocycles. The van der Waals surface area contributed by atoms with E-state index in [2.05, 4.69) is 0 Å². The lowest BCUT2D eigenvalue weighted by Crippen LogP contribution is -1.79. The second kappa shape index (κ2) is 1.71. The van der Waals surface area contributed by atoms with Crippen LogP contribution in [0.3, 0.4) is 0 Å². The summed E-state index contributed by atoms with van der Waals surface area (Å²) in [6, 6.07) is 0. The fourth-order valence-electron chi connectivity index (χ4n) is 0.186. The molecule has 1 aliphatic rings. The first-order valence-corrected chi connectivity index (χ1v) is 2.17. The Kier molecular flexibility index (Phi) is 1.21. The van der Waals surface area contributed by atoms with Crippen LogP contribution in [0.1, 0.15) is 0 Å². The fraction of sp³-hybridized carbons (Fsp3) is 1.00. The van der Waals surface area contributed by atoms with Crippen LogP contribution in [0, 0.1) is 0 Å². The molecule has 3 heteroatoms. The molecule has 0 aliphatic carbocycles. The minimum Gasteiger partial charge on any atom is -0.325 e. The highest BCUT2D eigenvalue weighted by atomic mass is 31.1. The van der Waals surface area contributed by atoms with Gasteiger partial charge in [-0.1, -0.05) is 0 Å². The van der Waals surface area contributed by atoms with E-state index in [-0.39, 0.29) is 0 Å². The smallest absolute Gasteiger partial charge is 0.256 e. The Balaban J connectivity index is 2.08. The van der Waals surface area contributed by atoms with Gasteiger partial charge in [-0.2, -0.15) is 0 Å². The van der Waals surface area contributed by atoms with Gasteiger partial charge in [0, 0.05) is 0 Å². The molecule has 0 spiro atoms. The zero-order valence-electron chi connectivity index (χ0n) is 2.68. The van der Waals surface area contributed by atoms with Crippen LogP contribution in [0.5, 0.6) is 0 Å². The highest BCUT2D eigenvalue weighted by molar-refractivity contribution is 7.26. The van der Waals surface area contributed by atoms with Gasteiger partial charge in [-0.05, 0) is 0 Å². The van der Waals surface area contributed by atoms with E-state index in [1.54, 1.807) is 0 Å². The molecule has 0 aromatic rings. The van der Waals surface area contributed by atoms with Crippen molar-refractivity contribution in [3.63, 3.8) is 0 Å². The highest BCUT2D eigenvalue weighted by Gasteiger charge is 1.97. The van der Waals surface area contributed by atoms with Crippen LogP contribution in [0.25, 0.3) is 0 Å². The summed E-state index contributed by atoms with van der Waals surface area (Å²) in [5.41, 5.74) is 0. The van der Waals surface area contributed by atoms with Crippen LogP contribution < -0.4 is 0 Å². The third-order valence-electron chi connectivity index (χ3n) is 0.371. The quantitative estimate of drug-likeness (QED) is 0.410. The van der Waals surface area contributed by atoms with Gasteiger partial charge in [0.05, 0.1) is 13.2 Å². The van der Waals surface area contributed by atoms with Crippen molar-refractivity contribution in [1.82, 2.24) is 0 Å². The van der Waals surface area contributed by atoms with Crippen LogP contribution in [0.15, 0.2) is 0 Å². The van der Waals surface area contributed by atoms with E-state index >= 15 is 0 Å². The van der Waals surface area contributed by atoms with E-state index in [9.17, 15) is 0 Å². The summed E-state index contributed by atoms with van der Waals surface area (Å²) >= 11 is 0. The second-order valence-electron chi connectivity index (χ2n) is 0.741. The molecule has 5 heavy (non-hydrogen) atoms. The van der Waals surface area contributed by atoms with Crippen LogP contribution in [-0.4, -0.2) is 13.2 Å². The first kappa shape index (κ1) is 3.54. The van der Waals surface area contributed by atoms with Crippen molar-refractivity contribution < 1.29 is 9.05 Å². The summed E-state index contributed by atoms with van der Waals surface area (Å²) in [6.07, 6.45) is 0. The van der Waals surface area contributed by atoms with Crippen molar-refractivity contribution in [2.75, 3.05) is 13.2 Å². The lowest BCUT2D eigenvalue weighted by Gasteiger charge is -1.70. The molecule has 1 heterocycles. The monoisotopic (exact) mass is 91.0 g/mol. The van der Waals surface area contributed by atoms with Gasteiger partial charge >= 0.3 is 0 Å². The minimum atomic E-state index is 0.691. The third kappa shape index (κ3) is 0.839. The lowest BCUT2D eigenvalue weighted by atomic mass is 10.8. The first-order chi connectivity index (χ1) is 2.50. The van der Waals surface area contributed by atoms with Crippen molar-refractivity contribution in [1.29, 1.82) is 0 Å². The maximum atomic E-state index is 4.69. The predicted octanol–water partition coefficient (Wildman–Crippen LogP) is 0.809. The summed E-state index contributed by atoms with van der Waals surface area (Å²) in [4.78, 5) is 0. The van der Waals surface area contributed by atoms with E-state index in [4.69, 9.17) is 9.05 Å². The maximum Gasteiger partial charge on any atom is 0.256 e. The Hall–Kier alpha value is 0.350. The van der Waals surface area contributed by atoms with E-state index < -0.39 is 0 Å². The Morgan fingerprint density at radius 3 is 2.00 bits per heavy atom. The molecule has 0 bridgehead atoms. The van der Waals surface area contributed by atoms with Gasteiger partial charge in [-0.15, -0.1) is 0 Å². The normalized spacial score (nSPS) is 24.0. The Morgan fingerprint density at radius 2 is 1.80 bits per heavy atom. The van der Waals surface area contributed by atoms with Crippen LogP contribution in [-0.2, 0) is 9.05 Å². The molecule has 1 radical (unpaired) electrons. The summed E-state index contributed by atoms with van der Waals surface area (Å²) in [7, 11) is 0.691. The molecule has 1 fully saturated rings. The van der Waals surface area contributed by atoms with Crippen LogP contribution >= 0.6 is 9.03 Å². The summed E-state index contributed by atoms with van der Waals surface area (Å²) in [6.45, 7) is 1.53. The summed E-state index contributed by atoms with van der Waals surface area (Å²) in [5, 5.41) is 0. The molecular weight excluding hydrogens is 87.0 g/mol. The predicted molar refractivity (Wildman–Crippen MR) is 18.8 cm³/mol. The third-order valence-corrected chi connectivity index (χ3v) is 0.947. The zero-order chi connectivity index (χ0) is 3.54. The standard InChI is InChI=1S/C2H4O2P/c1-2-4-5-3-1/h1-2H2. The van der Waals surface area contributed by atoms with E-state index in [1.807, 2.05) is 0 Å². The first-order valence-electron chi connectivity index (χ1n) is 1.44. The Labute approximate surface area is 32.4 Å². The molecule has 1 aliphatic heterocycles. The number of hydrogen-bond donors (Lipinski definition) is 0. The SMILES string of the molecule is C1CO[P]O1. The van der Waals surface area contributed by atoms with Crippen LogP contribution in [0.4, 0.5) is 0 Å². The Bertz CT molecular complexity index is 19.2. The van der Waals surface area contributed by atoms with Gasteiger partial charge in [0.1, 0.15) is 0 Å². The van der Waals surface area contributed by atoms with Gasteiger partial charge < -0.3 is 9.05 Å². The van der Waals surface area contributed by atoms with Gasteiger partial charge in [0.2, 0.25) is 0 Å². The molecule has 2 nitrogen and oxygen atoms in total. The highest BCUT2D eigenvalue weighted by Crippen LogP contribution is 2.18. The van der Waals surface area contributed by atoms with Gasteiger partial charge in [-0.25, -0.2) is 0 Å². The largest absolute Gasteiger partial charge is 0.325 e.